The van der Waals surface area contributed by atoms with Gasteiger partial charge in [0.1, 0.15) is 10.4 Å². The Labute approximate surface area is 129 Å². The van der Waals surface area contributed by atoms with Crippen LogP contribution in [0.3, 0.4) is 0 Å². The van der Waals surface area contributed by atoms with E-state index >= 15 is 0 Å². The van der Waals surface area contributed by atoms with Crippen LogP contribution >= 0.6 is 15.9 Å². The van der Waals surface area contributed by atoms with Crippen molar-refractivity contribution in [2.24, 2.45) is 7.05 Å². The van der Waals surface area contributed by atoms with Crippen LogP contribution in [0.5, 0.6) is 5.75 Å². The van der Waals surface area contributed by atoms with E-state index in [1.54, 1.807) is 7.11 Å². The summed E-state index contributed by atoms with van der Waals surface area (Å²) in [7, 11) is 3.51. The van der Waals surface area contributed by atoms with Crippen LogP contribution < -0.4 is 4.74 Å². The summed E-state index contributed by atoms with van der Waals surface area (Å²) in [5.74, 6) is 0.717. The van der Waals surface area contributed by atoms with Gasteiger partial charge in [-0.2, -0.15) is 0 Å². The molecule has 2 heterocycles. The maximum absolute atomic E-state index is 10.8. The predicted octanol–water partition coefficient (Wildman–Crippen LogP) is 2.61. The van der Waals surface area contributed by atoms with Crippen molar-refractivity contribution in [3.05, 3.63) is 28.5 Å². The number of rotatable bonds is 4. The van der Waals surface area contributed by atoms with Gasteiger partial charge >= 0.3 is 5.97 Å². The molecule has 0 radical (unpaired) electrons. The lowest BCUT2D eigenvalue weighted by atomic mass is 10.2. The molecule has 0 aliphatic rings. The van der Waals surface area contributed by atoms with Crippen LogP contribution in [0.2, 0.25) is 0 Å². The van der Waals surface area contributed by atoms with Crippen molar-refractivity contribution in [3.63, 3.8) is 0 Å². The molecule has 21 heavy (non-hydrogen) atoms. The lowest BCUT2D eigenvalue weighted by Crippen LogP contribution is -2.02. The zero-order valence-electron chi connectivity index (χ0n) is 11.6. The largest absolute Gasteiger partial charge is 0.497 e. The molecule has 0 aliphatic heterocycles. The number of carbonyl (C=O) groups is 1. The summed E-state index contributed by atoms with van der Waals surface area (Å²) >= 11 is 3.57. The first-order valence-electron chi connectivity index (χ1n) is 6.44. The van der Waals surface area contributed by atoms with E-state index < -0.39 is 5.97 Å². The lowest BCUT2D eigenvalue weighted by Gasteiger charge is -2.02. The molecule has 0 fully saturated rings. The number of aliphatic carboxylic acids is 1. The molecule has 6 nitrogen and oxygen atoms in total. The van der Waals surface area contributed by atoms with E-state index in [-0.39, 0.29) is 6.42 Å². The number of ether oxygens (including phenoxy) is 1. The molecule has 2 aromatic heterocycles. The Morgan fingerprint density at radius 3 is 2.90 bits per heavy atom. The monoisotopic (exact) mass is 351 g/mol. The fourth-order valence-electron chi connectivity index (χ4n) is 2.48. The number of carboxylic acids is 1. The van der Waals surface area contributed by atoms with Crippen LogP contribution in [-0.4, -0.2) is 32.1 Å². The van der Waals surface area contributed by atoms with Crippen LogP contribution in [0.15, 0.2) is 22.8 Å². The Hall–Kier alpha value is -2.02. The molecule has 3 aromatic rings. The number of aryl methyl sites for hydroxylation is 1. The van der Waals surface area contributed by atoms with Crippen molar-refractivity contribution < 1.29 is 14.6 Å². The summed E-state index contributed by atoms with van der Waals surface area (Å²) in [6, 6.07) is 5.71. The summed E-state index contributed by atoms with van der Waals surface area (Å²) < 4.78 is 9.95. The third-order valence-electron chi connectivity index (χ3n) is 3.56. The van der Waals surface area contributed by atoms with Crippen molar-refractivity contribution in [2.75, 3.05) is 7.11 Å². The summed E-state index contributed by atoms with van der Waals surface area (Å²) in [6.45, 7) is 0. The molecule has 0 atom stereocenters. The minimum absolute atomic E-state index is 0.0887. The van der Waals surface area contributed by atoms with Crippen LogP contribution in [0.4, 0.5) is 0 Å². The Morgan fingerprint density at radius 1 is 1.48 bits per heavy atom. The van der Waals surface area contributed by atoms with E-state index in [9.17, 15) is 4.79 Å². The number of hydrogen-bond acceptors (Lipinski definition) is 3. The van der Waals surface area contributed by atoms with Crippen molar-refractivity contribution >= 4 is 38.7 Å². The summed E-state index contributed by atoms with van der Waals surface area (Å²) in [5.41, 5.74) is 2.71. The minimum atomic E-state index is -0.810. The van der Waals surface area contributed by atoms with E-state index in [0.29, 0.717) is 6.42 Å². The first-order valence-corrected chi connectivity index (χ1v) is 7.23. The molecule has 3 rings (SSSR count). The van der Waals surface area contributed by atoms with Crippen molar-refractivity contribution in [1.82, 2.24) is 14.0 Å². The molecule has 1 N–H and O–H groups in total. The average Bonchev–Trinajstić information content (AvgIpc) is 2.93. The Morgan fingerprint density at radius 2 is 2.24 bits per heavy atom. The van der Waals surface area contributed by atoms with Crippen molar-refractivity contribution in [2.45, 2.75) is 12.8 Å². The first kappa shape index (κ1) is 13.9. The van der Waals surface area contributed by atoms with Gasteiger partial charge in [-0.05, 0) is 28.1 Å². The molecule has 110 valence electrons. The number of carboxylic acid groups (broad SMARTS) is 1. The average molecular weight is 352 g/mol. The second-order valence-electron chi connectivity index (χ2n) is 4.79. The maximum Gasteiger partial charge on any atom is 0.303 e. The molecule has 0 saturated heterocycles. The molecular formula is C14H14BrN3O3. The van der Waals surface area contributed by atoms with E-state index in [1.165, 1.54) is 0 Å². The highest BCUT2D eigenvalue weighted by atomic mass is 79.9. The van der Waals surface area contributed by atoms with Gasteiger partial charge in [0.25, 0.3) is 0 Å². The number of hydrogen-bond donors (Lipinski definition) is 1. The van der Waals surface area contributed by atoms with Gasteiger partial charge in [-0.25, -0.2) is 4.98 Å². The second kappa shape index (κ2) is 5.07. The van der Waals surface area contributed by atoms with Crippen LogP contribution in [0.25, 0.3) is 16.8 Å². The quantitative estimate of drug-likeness (QED) is 0.784. The van der Waals surface area contributed by atoms with Gasteiger partial charge in [0, 0.05) is 19.5 Å². The highest BCUT2D eigenvalue weighted by Crippen LogP contribution is 2.29. The molecule has 0 amide bonds. The van der Waals surface area contributed by atoms with Gasteiger partial charge < -0.3 is 14.4 Å². The molecule has 0 unspecified atom stereocenters. The molecule has 0 spiro atoms. The fraction of sp³-hybridized carbons (Fsp3) is 0.286. The van der Waals surface area contributed by atoms with Gasteiger partial charge in [-0.15, -0.1) is 0 Å². The van der Waals surface area contributed by atoms with Crippen LogP contribution in [0.1, 0.15) is 12.1 Å². The number of methoxy groups -OCH3 is 1. The van der Waals surface area contributed by atoms with E-state index in [0.717, 1.165) is 32.9 Å². The molecule has 0 aliphatic carbocycles. The van der Waals surface area contributed by atoms with E-state index in [2.05, 4.69) is 20.9 Å². The number of fused-ring (bicyclic) bond motifs is 3. The smallest absolute Gasteiger partial charge is 0.303 e. The molecular weight excluding hydrogens is 338 g/mol. The number of halogens is 1. The van der Waals surface area contributed by atoms with Gasteiger partial charge in [-0.3, -0.25) is 9.20 Å². The second-order valence-corrected chi connectivity index (χ2v) is 5.54. The Kier molecular flexibility index (Phi) is 3.36. The van der Waals surface area contributed by atoms with Gasteiger partial charge in [0.15, 0.2) is 0 Å². The normalized spacial score (nSPS) is 11.4. The fourth-order valence-corrected chi connectivity index (χ4v) is 3.29. The molecule has 1 aromatic carbocycles. The third-order valence-corrected chi connectivity index (χ3v) is 4.37. The number of benzene rings is 1. The standard InChI is InChI=1S/C14H14BrN3O3/c1-17-11(5-6-12(19)20)13(15)18-10-4-3-8(21-2)7-9(10)16-14(17)18/h3-4,7H,5-6H2,1-2H3,(H,19,20). The highest BCUT2D eigenvalue weighted by molar-refractivity contribution is 9.10. The maximum atomic E-state index is 10.8. The highest BCUT2D eigenvalue weighted by Gasteiger charge is 2.18. The Bertz CT molecular complexity index is 850. The summed E-state index contributed by atoms with van der Waals surface area (Å²) in [5, 5.41) is 8.85. The van der Waals surface area contributed by atoms with Gasteiger partial charge in [0.05, 0.1) is 30.3 Å². The molecule has 0 saturated carbocycles. The molecule has 0 bridgehead atoms. The Balaban J connectivity index is 2.19. The zero-order valence-corrected chi connectivity index (χ0v) is 13.2. The number of imidazole rings is 2. The van der Waals surface area contributed by atoms with E-state index in [1.807, 2.05) is 34.2 Å². The lowest BCUT2D eigenvalue weighted by molar-refractivity contribution is -0.136. The first-order chi connectivity index (χ1) is 10.0. The van der Waals surface area contributed by atoms with Gasteiger partial charge in [0.2, 0.25) is 5.78 Å². The van der Waals surface area contributed by atoms with Gasteiger partial charge in [-0.1, -0.05) is 0 Å². The van der Waals surface area contributed by atoms with Crippen LogP contribution in [-0.2, 0) is 18.3 Å². The SMILES string of the molecule is COc1ccc2c(c1)nc1n(C)c(CCC(=O)O)c(Br)n21. The van der Waals surface area contributed by atoms with E-state index in [4.69, 9.17) is 9.84 Å². The third kappa shape index (κ3) is 2.17. The number of aromatic nitrogens is 3. The van der Waals surface area contributed by atoms with Crippen LogP contribution in [0, 0.1) is 0 Å². The number of nitrogens with zero attached hydrogens (tertiary/aromatic N) is 3. The van der Waals surface area contributed by atoms with Crippen molar-refractivity contribution in [1.29, 1.82) is 0 Å². The minimum Gasteiger partial charge on any atom is -0.497 e. The summed E-state index contributed by atoms with van der Waals surface area (Å²) in [6.07, 6.45) is 0.540. The topological polar surface area (TPSA) is 68.8 Å². The summed E-state index contributed by atoms with van der Waals surface area (Å²) in [4.78, 5) is 15.4. The zero-order chi connectivity index (χ0) is 15.1. The van der Waals surface area contributed by atoms with Crippen molar-refractivity contribution in [3.8, 4) is 5.75 Å². The predicted molar refractivity (Wildman–Crippen MR) is 81.9 cm³/mol. The molecule has 7 heteroatoms.